The van der Waals surface area contributed by atoms with Crippen molar-refractivity contribution in [3.8, 4) is 0 Å². The van der Waals surface area contributed by atoms with Gasteiger partial charge in [0.15, 0.2) is 0 Å². The molecule has 0 aromatic rings. The SMILES string of the molecule is CCCCCCCCCCC=C/C=C/C(=O)O. The number of carboxylic acids is 1. The molecule has 1 N–H and O–H groups in total. The van der Waals surface area contributed by atoms with E-state index in [4.69, 9.17) is 5.11 Å². The summed E-state index contributed by atoms with van der Waals surface area (Å²) in [4.78, 5) is 10.2. The van der Waals surface area contributed by atoms with Gasteiger partial charge < -0.3 is 5.11 Å². The number of hydrogen-bond donors (Lipinski definition) is 1. The first-order chi connectivity index (χ1) is 8.27. The molecule has 0 spiro atoms. The lowest BCUT2D eigenvalue weighted by Crippen LogP contribution is -1.84. The van der Waals surface area contributed by atoms with Gasteiger partial charge in [0, 0.05) is 6.08 Å². The van der Waals surface area contributed by atoms with Crippen molar-refractivity contribution in [2.24, 2.45) is 0 Å². The standard InChI is InChI=1S/C15H26O2/c1-2-3-4-5-6-7-8-9-10-11-12-13-14-15(16)17/h11-14H,2-10H2,1H3,(H,16,17)/b12-11?,14-13+. The van der Waals surface area contributed by atoms with Crippen LogP contribution in [0.3, 0.4) is 0 Å². The molecule has 98 valence electrons. The second kappa shape index (κ2) is 13.0. The van der Waals surface area contributed by atoms with E-state index in [1.54, 1.807) is 6.08 Å². The van der Waals surface area contributed by atoms with Crippen LogP contribution in [0.4, 0.5) is 0 Å². The Balaban J connectivity index is 3.15. The van der Waals surface area contributed by atoms with Gasteiger partial charge in [-0.2, -0.15) is 0 Å². The number of carbonyl (C=O) groups is 1. The van der Waals surface area contributed by atoms with Crippen LogP contribution in [-0.2, 0) is 4.79 Å². The highest BCUT2D eigenvalue weighted by Crippen LogP contribution is 2.09. The highest BCUT2D eigenvalue weighted by Gasteiger charge is 1.90. The molecule has 0 saturated carbocycles. The molecule has 0 amide bonds. The number of allylic oxidation sites excluding steroid dienone is 3. The molecule has 0 heterocycles. The summed E-state index contributed by atoms with van der Waals surface area (Å²) in [5.74, 6) is -0.887. The number of hydrogen-bond acceptors (Lipinski definition) is 1. The summed E-state index contributed by atoms with van der Waals surface area (Å²) >= 11 is 0. The maximum Gasteiger partial charge on any atom is 0.328 e. The fraction of sp³-hybridized carbons (Fsp3) is 0.667. The summed E-state index contributed by atoms with van der Waals surface area (Å²) in [5, 5.41) is 8.35. The predicted octanol–water partition coefficient (Wildman–Crippen LogP) is 4.71. The van der Waals surface area contributed by atoms with Gasteiger partial charge in [-0.05, 0) is 12.8 Å². The zero-order valence-electron chi connectivity index (χ0n) is 11.0. The molecule has 0 aliphatic heterocycles. The van der Waals surface area contributed by atoms with E-state index in [0.29, 0.717) is 0 Å². The van der Waals surface area contributed by atoms with Crippen LogP contribution in [0.25, 0.3) is 0 Å². The van der Waals surface area contributed by atoms with E-state index in [2.05, 4.69) is 6.92 Å². The summed E-state index contributed by atoms with van der Waals surface area (Å²) < 4.78 is 0. The highest BCUT2D eigenvalue weighted by molar-refractivity contribution is 5.80. The van der Waals surface area contributed by atoms with Gasteiger partial charge in [0.25, 0.3) is 0 Å². The van der Waals surface area contributed by atoms with Gasteiger partial charge in [-0.25, -0.2) is 4.79 Å². The maximum absolute atomic E-state index is 10.2. The summed E-state index contributed by atoms with van der Waals surface area (Å²) in [6.07, 6.45) is 18.3. The molecule has 0 aromatic heterocycles. The average molecular weight is 238 g/mol. The van der Waals surface area contributed by atoms with Gasteiger partial charge in [-0.1, -0.05) is 70.1 Å². The minimum Gasteiger partial charge on any atom is -0.478 e. The van der Waals surface area contributed by atoms with Crippen molar-refractivity contribution in [3.05, 3.63) is 24.3 Å². The first-order valence-electron chi connectivity index (χ1n) is 6.83. The van der Waals surface area contributed by atoms with Crippen LogP contribution >= 0.6 is 0 Å². The Morgan fingerprint density at radius 3 is 2.12 bits per heavy atom. The number of carboxylic acid groups (broad SMARTS) is 1. The van der Waals surface area contributed by atoms with Gasteiger partial charge >= 0.3 is 5.97 Å². The Hall–Kier alpha value is -1.05. The number of rotatable bonds is 11. The lowest BCUT2D eigenvalue weighted by molar-refractivity contribution is -0.131. The molecule has 0 rings (SSSR count). The van der Waals surface area contributed by atoms with Crippen LogP contribution in [0, 0.1) is 0 Å². The summed E-state index contributed by atoms with van der Waals surface area (Å²) in [6.45, 7) is 2.24. The van der Waals surface area contributed by atoms with Crippen LogP contribution in [0.1, 0.15) is 64.7 Å². The fourth-order valence-electron chi connectivity index (χ4n) is 1.71. The van der Waals surface area contributed by atoms with E-state index in [1.807, 2.05) is 12.2 Å². The van der Waals surface area contributed by atoms with E-state index in [1.165, 1.54) is 51.4 Å². The average Bonchev–Trinajstić information content (AvgIpc) is 2.30. The zero-order chi connectivity index (χ0) is 12.8. The molecule has 0 unspecified atom stereocenters. The van der Waals surface area contributed by atoms with Gasteiger partial charge in [0.1, 0.15) is 0 Å². The third-order valence-electron chi connectivity index (χ3n) is 2.71. The van der Waals surface area contributed by atoms with Crippen molar-refractivity contribution in [1.29, 1.82) is 0 Å². The van der Waals surface area contributed by atoms with Gasteiger partial charge in [0.2, 0.25) is 0 Å². The second-order valence-corrected chi connectivity index (χ2v) is 4.39. The summed E-state index contributed by atoms with van der Waals surface area (Å²) in [6, 6.07) is 0. The van der Waals surface area contributed by atoms with E-state index < -0.39 is 5.97 Å². The van der Waals surface area contributed by atoms with Crippen molar-refractivity contribution in [2.75, 3.05) is 0 Å². The Morgan fingerprint density at radius 2 is 1.53 bits per heavy atom. The van der Waals surface area contributed by atoms with Crippen molar-refractivity contribution >= 4 is 5.97 Å². The van der Waals surface area contributed by atoms with Gasteiger partial charge in [-0.15, -0.1) is 0 Å². The molecule has 0 aliphatic rings. The van der Waals surface area contributed by atoms with Crippen molar-refractivity contribution in [1.82, 2.24) is 0 Å². The lowest BCUT2D eigenvalue weighted by atomic mass is 10.1. The minimum atomic E-state index is -0.887. The summed E-state index contributed by atoms with van der Waals surface area (Å²) in [7, 11) is 0. The normalized spacial score (nSPS) is 11.6. The molecule has 2 nitrogen and oxygen atoms in total. The molecule has 0 saturated heterocycles. The largest absolute Gasteiger partial charge is 0.478 e. The van der Waals surface area contributed by atoms with E-state index in [-0.39, 0.29) is 0 Å². The Bertz CT molecular complexity index is 229. The van der Waals surface area contributed by atoms with Crippen molar-refractivity contribution < 1.29 is 9.90 Å². The summed E-state index contributed by atoms with van der Waals surface area (Å²) in [5.41, 5.74) is 0. The Morgan fingerprint density at radius 1 is 0.941 bits per heavy atom. The zero-order valence-corrected chi connectivity index (χ0v) is 11.0. The van der Waals surface area contributed by atoms with Crippen molar-refractivity contribution in [3.63, 3.8) is 0 Å². The topological polar surface area (TPSA) is 37.3 Å². The number of aliphatic carboxylic acids is 1. The van der Waals surface area contributed by atoms with Gasteiger partial charge in [-0.3, -0.25) is 0 Å². The molecule has 0 radical (unpaired) electrons. The Labute approximate surface area is 105 Å². The molecule has 0 fully saturated rings. The minimum absolute atomic E-state index is 0.887. The first kappa shape index (κ1) is 16.0. The molecule has 17 heavy (non-hydrogen) atoms. The monoisotopic (exact) mass is 238 g/mol. The third kappa shape index (κ3) is 14.9. The third-order valence-corrected chi connectivity index (χ3v) is 2.71. The van der Waals surface area contributed by atoms with Crippen molar-refractivity contribution in [2.45, 2.75) is 64.7 Å². The highest BCUT2D eigenvalue weighted by atomic mass is 16.4. The molecule has 0 atom stereocenters. The molecule has 0 bridgehead atoms. The molecule has 0 aliphatic carbocycles. The molecular formula is C15H26O2. The Kier molecular flexibility index (Phi) is 12.2. The van der Waals surface area contributed by atoms with Gasteiger partial charge in [0.05, 0.1) is 0 Å². The second-order valence-electron chi connectivity index (χ2n) is 4.39. The maximum atomic E-state index is 10.2. The number of unbranched alkanes of at least 4 members (excludes halogenated alkanes) is 8. The first-order valence-corrected chi connectivity index (χ1v) is 6.83. The molecule has 2 heteroatoms. The smallest absolute Gasteiger partial charge is 0.328 e. The van der Waals surface area contributed by atoms with Crippen LogP contribution in [0.15, 0.2) is 24.3 Å². The lowest BCUT2D eigenvalue weighted by Gasteiger charge is -1.99. The van der Waals surface area contributed by atoms with E-state index in [9.17, 15) is 4.79 Å². The van der Waals surface area contributed by atoms with E-state index >= 15 is 0 Å². The van der Waals surface area contributed by atoms with Crippen LogP contribution in [-0.4, -0.2) is 11.1 Å². The predicted molar refractivity (Wildman–Crippen MR) is 73.1 cm³/mol. The van der Waals surface area contributed by atoms with Crippen LogP contribution in [0.2, 0.25) is 0 Å². The van der Waals surface area contributed by atoms with Crippen LogP contribution < -0.4 is 0 Å². The molecular weight excluding hydrogens is 212 g/mol. The quantitative estimate of drug-likeness (QED) is 0.321. The fourth-order valence-corrected chi connectivity index (χ4v) is 1.71. The van der Waals surface area contributed by atoms with Crippen LogP contribution in [0.5, 0.6) is 0 Å². The molecule has 0 aromatic carbocycles. The van der Waals surface area contributed by atoms with E-state index in [0.717, 1.165) is 12.5 Å².